The number of carbonyl (C=O) groups excluding carboxylic acids is 1. The van der Waals surface area contributed by atoms with Gasteiger partial charge in [-0.3, -0.25) is 4.79 Å². The van der Waals surface area contributed by atoms with Gasteiger partial charge in [0.05, 0.1) is 4.90 Å². The Morgan fingerprint density at radius 3 is 2.29 bits per heavy atom. The molecule has 2 aliphatic heterocycles. The van der Waals surface area contributed by atoms with Crippen molar-refractivity contribution in [1.82, 2.24) is 9.21 Å². The normalized spacial score (nSPS) is 17.8. The molecule has 0 unspecified atom stereocenters. The van der Waals surface area contributed by atoms with Gasteiger partial charge in [-0.2, -0.15) is 4.31 Å². The first-order valence-electron chi connectivity index (χ1n) is 10.6. The molecule has 2 aliphatic rings. The second kappa shape index (κ2) is 9.21. The molecule has 7 nitrogen and oxygen atoms in total. The summed E-state index contributed by atoms with van der Waals surface area (Å²) in [5, 5.41) is 2.82. The Morgan fingerprint density at radius 1 is 0.968 bits per heavy atom. The second-order valence-electron chi connectivity index (χ2n) is 7.74. The Bertz CT molecular complexity index is 1050. The van der Waals surface area contributed by atoms with Crippen molar-refractivity contribution >= 4 is 27.3 Å². The number of sulfonamides is 1. The first kappa shape index (κ1) is 21.5. The molecule has 1 amide bonds. The van der Waals surface area contributed by atoms with Crippen LogP contribution in [0.15, 0.2) is 65.6 Å². The Morgan fingerprint density at radius 2 is 1.65 bits per heavy atom. The lowest BCUT2D eigenvalue weighted by molar-refractivity contribution is 0.102. The van der Waals surface area contributed by atoms with E-state index in [2.05, 4.69) is 34.2 Å². The topological polar surface area (TPSA) is 73.0 Å². The summed E-state index contributed by atoms with van der Waals surface area (Å²) in [6.07, 6.45) is 4.23. The molecule has 1 N–H and O–H groups in total. The van der Waals surface area contributed by atoms with Crippen molar-refractivity contribution in [2.75, 3.05) is 56.0 Å². The predicted molar refractivity (Wildman–Crippen MR) is 123 cm³/mol. The summed E-state index contributed by atoms with van der Waals surface area (Å²) in [4.78, 5) is 17.3. The van der Waals surface area contributed by atoms with Crippen LogP contribution in [-0.2, 0) is 10.0 Å². The number of carbonyl (C=O) groups is 1. The van der Waals surface area contributed by atoms with Crippen LogP contribution < -0.4 is 10.2 Å². The molecule has 0 aromatic heterocycles. The fraction of sp³-hybridized carbons (Fsp3) is 0.348. The molecule has 0 atom stereocenters. The Kier molecular flexibility index (Phi) is 6.41. The molecule has 0 saturated carbocycles. The van der Waals surface area contributed by atoms with Crippen LogP contribution in [0.25, 0.3) is 0 Å². The Balaban J connectivity index is 1.44. The molecule has 2 heterocycles. The molecule has 1 saturated heterocycles. The SMILES string of the molecule is CCN1CCN(S(=O)(=O)c2cccc(NC(=O)c3ccc(N4CC=CC4)cc3)c2)CC1. The van der Waals surface area contributed by atoms with Crippen LogP contribution >= 0.6 is 0 Å². The average Bonchev–Trinajstić information content (AvgIpc) is 3.34. The number of likely N-dealkylation sites (N-methyl/N-ethyl adjacent to an activating group) is 1. The molecule has 164 valence electrons. The van der Waals surface area contributed by atoms with E-state index in [1.54, 1.807) is 30.3 Å². The van der Waals surface area contributed by atoms with Gasteiger partial charge in [0.15, 0.2) is 0 Å². The largest absolute Gasteiger partial charge is 0.364 e. The van der Waals surface area contributed by atoms with Crippen molar-refractivity contribution in [1.29, 1.82) is 0 Å². The van der Waals surface area contributed by atoms with Gasteiger partial charge in [-0.1, -0.05) is 25.1 Å². The quantitative estimate of drug-likeness (QED) is 0.699. The number of nitrogens with zero attached hydrogens (tertiary/aromatic N) is 3. The van der Waals surface area contributed by atoms with Crippen LogP contribution in [0.2, 0.25) is 0 Å². The summed E-state index contributed by atoms with van der Waals surface area (Å²) in [6, 6.07) is 13.9. The van der Waals surface area contributed by atoms with Crippen LogP contribution in [0.5, 0.6) is 0 Å². The third kappa shape index (κ3) is 4.81. The summed E-state index contributed by atoms with van der Waals surface area (Å²) in [5.41, 5.74) is 2.06. The number of hydrogen-bond donors (Lipinski definition) is 1. The lowest BCUT2D eigenvalue weighted by Crippen LogP contribution is -2.48. The molecule has 1 fully saturated rings. The third-order valence-electron chi connectivity index (χ3n) is 5.82. The Hall–Kier alpha value is -2.68. The number of piperazine rings is 1. The molecular formula is C23H28N4O3S. The molecule has 0 bridgehead atoms. The highest BCUT2D eigenvalue weighted by Gasteiger charge is 2.28. The number of nitrogens with one attached hydrogen (secondary N) is 1. The maximum Gasteiger partial charge on any atom is 0.255 e. The van der Waals surface area contributed by atoms with Crippen molar-refractivity contribution in [3.05, 3.63) is 66.2 Å². The number of benzene rings is 2. The average molecular weight is 441 g/mol. The smallest absolute Gasteiger partial charge is 0.255 e. The fourth-order valence-corrected chi connectivity index (χ4v) is 5.35. The van der Waals surface area contributed by atoms with Gasteiger partial charge in [0.1, 0.15) is 0 Å². The number of rotatable bonds is 6. The molecule has 0 aliphatic carbocycles. The monoisotopic (exact) mass is 440 g/mol. The van der Waals surface area contributed by atoms with Crippen LogP contribution in [0.4, 0.5) is 11.4 Å². The summed E-state index contributed by atoms with van der Waals surface area (Å²) in [6.45, 7) is 7.17. The van der Waals surface area contributed by atoms with E-state index in [1.807, 2.05) is 12.1 Å². The molecule has 0 radical (unpaired) electrons. The van der Waals surface area contributed by atoms with Gasteiger partial charge in [0.2, 0.25) is 10.0 Å². The maximum atomic E-state index is 13.0. The number of hydrogen-bond acceptors (Lipinski definition) is 5. The maximum absolute atomic E-state index is 13.0. The van der Waals surface area contributed by atoms with Gasteiger partial charge < -0.3 is 15.1 Å². The minimum atomic E-state index is -3.59. The zero-order valence-corrected chi connectivity index (χ0v) is 18.5. The van der Waals surface area contributed by atoms with E-state index in [-0.39, 0.29) is 10.8 Å². The van der Waals surface area contributed by atoms with Crippen molar-refractivity contribution < 1.29 is 13.2 Å². The van der Waals surface area contributed by atoms with Crippen LogP contribution in [0.1, 0.15) is 17.3 Å². The standard InChI is InChI=1S/C23H28N4O3S/c1-2-25-14-16-27(17-15-25)31(29,30)22-7-5-6-20(18-22)24-23(28)19-8-10-21(11-9-19)26-12-3-4-13-26/h3-11,18H,2,12-17H2,1H3,(H,24,28). The molecule has 2 aromatic carbocycles. The first-order valence-corrected chi connectivity index (χ1v) is 12.1. The highest BCUT2D eigenvalue weighted by molar-refractivity contribution is 7.89. The van der Waals surface area contributed by atoms with Gasteiger partial charge in [0, 0.05) is 56.2 Å². The van der Waals surface area contributed by atoms with Crippen molar-refractivity contribution in [3.63, 3.8) is 0 Å². The van der Waals surface area contributed by atoms with E-state index in [4.69, 9.17) is 0 Å². The van der Waals surface area contributed by atoms with Gasteiger partial charge in [0.25, 0.3) is 5.91 Å². The van der Waals surface area contributed by atoms with Crippen LogP contribution in [0, 0.1) is 0 Å². The predicted octanol–water partition coefficient (Wildman–Crippen LogP) is 2.64. The minimum absolute atomic E-state index is 0.201. The first-order chi connectivity index (χ1) is 15.0. The Labute approximate surface area is 184 Å². The summed E-state index contributed by atoms with van der Waals surface area (Å²) >= 11 is 0. The number of anilines is 2. The zero-order valence-electron chi connectivity index (χ0n) is 17.7. The number of amides is 1. The van der Waals surface area contributed by atoms with Crippen LogP contribution in [-0.4, -0.2) is 69.3 Å². The van der Waals surface area contributed by atoms with E-state index in [0.717, 1.165) is 38.4 Å². The lowest BCUT2D eigenvalue weighted by atomic mass is 10.1. The molecule has 0 spiro atoms. The van der Waals surface area contributed by atoms with Gasteiger partial charge in [-0.05, 0) is 49.0 Å². The molecule has 4 rings (SSSR count). The van der Waals surface area contributed by atoms with Crippen molar-refractivity contribution in [2.24, 2.45) is 0 Å². The molecular weight excluding hydrogens is 412 g/mol. The summed E-state index contributed by atoms with van der Waals surface area (Å²) < 4.78 is 27.6. The lowest BCUT2D eigenvalue weighted by Gasteiger charge is -2.33. The van der Waals surface area contributed by atoms with Crippen molar-refractivity contribution in [3.8, 4) is 0 Å². The molecule has 2 aromatic rings. The minimum Gasteiger partial charge on any atom is -0.364 e. The fourth-order valence-electron chi connectivity index (χ4n) is 3.89. The second-order valence-corrected chi connectivity index (χ2v) is 9.68. The van der Waals surface area contributed by atoms with Gasteiger partial charge in [-0.25, -0.2) is 8.42 Å². The third-order valence-corrected chi connectivity index (χ3v) is 7.72. The zero-order chi connectivity index (χ0) is 21.8. The van der Waals surface area contributed by atoms with E-state index in [1.165, 1.54) is 10.4 Å². The van der Waals surface area contributed by atoms with E-state index < -0.39 is 10.0 Å². The van der Waals surface area contributed by atoms with Gasteiger partial charge in [-0.15, -0.1) is 0 Å². The van der Waals surface area contributed by atoms with E-state index in [0.29, 0.717) is 24.3 Å². The molecule has 8 heteroatoms. The summed E-state index contributed by atoms with van der Waals surface area (Å²) in [7, 11) is -3.59. The highest BCUT2D eigenvalue weighted by Crippen LogP contribution is 2.22. The van der Waals surface area contributed by atoms with Crippen molar-refractivity contribution in [2.45, 2.75) is 11.8 Å². The van der Waals surface area contributed by atoms with E-state index in [9.17, 15) is 13.2 Å². The summed E-state index contributed by atoms with van der Waals surface area (Å²) in [5.74, 6) is -0.266. The van der Waals surface area contributed by atoms with Gasteiger partial charge >= 0.3 is 0 Å². The van der Waals surface area contributed by atoms with Crippen LogP contribution in [0.3, 0.4) is 0 Å². The van der Waals surface area contributed by atoms with E-state index >= 15 is 0 Å². The highest BCUT2D eigenvalue weighted by atomic mass is 32.2. The molecule has 31 heavy (non-hydrogen) atoms.